The Labute approximate surface area is 185 Å². The molecule has 1 heterocycles. The second-order valence-corrected chi connectivity index (χ2v) is 11.9. The number of hydrogen-bond donors (Lipinski definition) is 0. The lowest BCUT2D eigenvalue weighted by atomic mass is 9.44. The van der Waals surface area contributed by atoms with Crippen molar-refractivity contribution in [2.24, 2.45) is 28.6 Å². The summed E-state index contributed by atoms with van der Waals surface area (Å²) in [5.41, 5.74) is 0.421. The van der Waals surface area contributed by atoms with Crippen molar-refractivity contribution in [2.75, 3.05) is 0 Å². The first-order valence-electron chi connectivity index (χ1n) is 10.9. The third kappa shape index (κ3) is 2.29. The Hall–Kier alpha value is -0.940. The molecule has 0 amide bonds. The molecule has 0 aromatic rings. The predicted octanol–water partition coefficient (Wildman–Crippen LogP) is 4.48. The quantitative estimate of drug-likeness (QED) is 0.237. The van der Waals surface area contributed by atoms with Crippen LogP contribution in [-0.4, -0.2) is 27.1 Å². The van der Waals surface area contributed by atoms with Gasteiger partial charge >= 0.3 is 5.97 Å². The number of nitriles is 1. The largest absolute Gasteiger partial charge is 0.448 e. The first kappa shape index (κ1) is 20.0. The van der Waals surface area contributed by atoms with Gasteiger partial charge in [0.25, 0.3) is 0 Å². The van der Waals surface area contributed by atoms with Gasteiger partial charge in [0, 0.05) is 29.6 Å². The minimum Gasteiger partial charge on any atom is -0.448 e. The second kappa shape index (κ2) is 6.06. The van der Waals surface area contributed by atoms with Gasteiger partial charge in [-0.15, -0.1) is 0 Å². The second-order valence-electron chi connectivity index (χ2n) is 10.2. The van der Waals surface area contributed by atoms with Gasteiger partial charge in [-0.25, -0.2) is 0 Å². The zero-order chi connectivity index (χ0) is 20.8. The summed E-state index contributed by atoms with van der Waals surface area (Å²) in [6.45, 7) is 6.34. The van der Waals surface area contributed by atoms with Crippen molar-refractivity contribution in [3.05, 3.63) is 11.6 Å². The normalized spacial score (nSPS) is 52.2. The Balaban J connectivity index is 1.58. The molecule has 4 aliphatic carbocycles. The Morgan fingerprint density at radius 3 is 2.86 bits per heavy atom. The number of epoxide rings is 1. The van der Waals surface area contributed by atoms with E-state index in [4.69, 9.17) is 9.47 Å². The van der Waals surface area contributed by atoms with Crippen LogP contribution < -0.4 is 0 Å². The third-order valence-corrected chi connectivity index (χ3v) is 11.1. The molecule has 0 bridgehead atoms. The molecule has 5 rings (SSSR count). The van der Waals surface area contributed by atoms with Crippen molar-refractivity contribution in [1.82, 2.24) is 0 Å². The number of esters is 1. The van der Waals surface area contributed by atoms with E-state index < -0.39 is 3.61 Å². The molecule has 8 atom stereocenters. The molecule has 4 fully saturated rings. The van der Waals surface area contributed by atoms with Crippen LogP contribution in [0.1, 0.15) is 65.7 Å². The van der Waals surface area contributed by atoms with Crippen LogP contribution in [0.4, 0.5) is 0 Å². The van der Waals surface area contributed by atoms with E-state index in [1.807, 2.05) is 13.0 Å². The molecule has 0 N–H and O–H groups in total. The van der Waals surface area contributed by atoms with Crippen LogP contribution in [0.25, 0.3) is 0 Å². The molecule has 2 unspecified atom stereocenters. The van der Waals surface area contributed by atoms with Crippen LogP contribution in [0.2, 0.25) is 0 Å². The van der Waals surface area contributed by atoms with Crippen molar-refractivity contribution in [3.8, 4) is 6.07 Å². The molecule has 1 spiro atoms. The maximum atomic E-state index is 12.2. The highest BCUT2D eigenvalue weighted by molar-refractivity contribution is 14.1. The van der Waals surface area contributed by atoms with Crippen LogP contribution in [0.15, 0.2) is 11.6 Å². The van der Waals surface area contributed by atoms with Crippen LogP contribution >= 0.6 is 22.6 Å². The van der Waals surface area contributed by atoms with E-state index in [-0.39, 0.29) is 52.0 Å². The molecule has 0 aromatic heterocycles. The number of ether oxygens (including phenoxy) is 2. The van der Waals surface area contributed by atoms with E-state index in [2.05, 4.69) is 42.5 Å². The number of nitrogens with zero attached hydrogens (tertiary/aromatic N) is 1. The summed E-state index contributed by atoms with van der Waals surface area (Å²) >= 11 is 2.37. The third-order valence-electron chi connectivity index (χ3n) is 9.13. The van der Waals surface area contributed by atoms with E-state index in [1.54, 1.807) is 0 Å². The van der Waals surface area contributed by atoms with Gasteiger partial charge in [-0.3, -0.25) is 9.59 Å². The van der Waals surface area contributed by atoms with E-state index in [0.717, 1.165) is 31.3 Å². The monoisotopic (exact) mass is 509 g/mol. The molecule has 1 aliphatic heterocycles. The van der Waals surface area contributed by atoms with Crippen LogP contribution in [0.5, 0.6) is 0 Å². The van der Waals surface area contributed by atoms with Crippen molar-refractivity contribution in [1.29, 1.82) is 5.26 Å². The maximum Gasteiger partial charge on any atom is 0.306 e. The van der Waals surface area contributed by atoms with Crippen molar-refractivity contribution in [2.45, 2.75) is 81.0 Å². The molecule has 29 heavy (non-hydrogen) atoms. The number of rotatable bonds is 2. The van der Waals surface area contributed by atoms with Gasteiger partial charge in [0.2, 0.25) is 0 Å². The van der Waals surface area contributed by atoms with E-state index in [0.29, 0.717) is 19.3 Å². The molecule has 5 nitrogen and oxygen atoms in total. The topological polar surface area (TPSA) is 79.7 Å². The fourth-order valence-electron chi connectivity index (χ4n) is 7.51. The average molecular weight is 509 g/mol. The zero-order valence-corrected chi connectivity index (χ0v) is 19.5. The van der Waals surface area contributed by atoms with Crippen molar-refractivity contribution in [3.63, 3.8) is 0 Å². The van der Waals surface area contributed by atoms with Gasteiger partial charge in [-0.1, -0.05) is 26.3 Å². The standard InChI is InChI=1S/C23H28INO4/c1-4-18(27)29-22(24)8-6-16-19-13(12-25)9-14-10-15(26)5-7-20(14,2)23(19)17(28-23)11-21(16,22)3/h10,13,16-17,19H,4-9,11H2,1-3H3/t13-,16?,17+,19?,20-,21-,22-,23+/m0/s1. The minimum absolute atomic E-state index is 0.0686. The molecule has 3 saturated carbocycles. The SMILES string of the molecule is CCC(=O)O[C@@]1(I)CCC2C3[C@H](C#N)CC4=CC(=O)CC[C@]4(C)[C@]34O[C@@H]4C[C@@]21C. The summed E-state index contributed by atoms with van der Waals surface area (Å²) in [6.07, 6.45) is 6.92. The summed E-state index contributed by atoms with van der Waals surface area (Å²) in [4.78, 5) is 24.3. The first-order valence-corrected chi connectivity index (χ1v) is 11.9. The molecular formula is C23H28INO4. The molecule has 5 aliphatic rings. The maximum absolute atomic E-state index is 12.2. The zero-order valence-electron chi connectivity index (χ0n) is 17.3. The molecule has 1 saturated heterocycles. The fourth-order valence-corrected chi connectivity index (χ4v) is 8.68. The summed E-state index contributed by atoms with van der Waals surface area (Å²) in [5.74, 6) is 0.279. The molecule has 0 aromatic carbocycles. The van der Waals surface area contributed by atoms with Gasteiger partial charge in [-0.2, -0.15) is 5.26 Å². The molecule has 0 radical (unpaired) electrons. The molecule has 156 valence electrons. The van der Waals surface area contributed by atoms with Crippen molar-refractivity contribution >= 4 is 34.3 Å². The Morgan fingerprint density at radius 1 is 1.41 bits per heavy atom. The highest BCUT2D eigenvalue weighted by Crippen LogP contribution is 2.78. The summed E-state index contributed by atoms with van der Waals surface area (Å²) in [7, 11) is 0. The van der Waals surface area contributed by atoms with E-state index in [9.17, 15) is 14.9 Å². The first-order chi connectivity index (χ1) is 13.6. The van der Waals surface area contributed by atoms with Gasteiger partial charge in [0.05, 0.1) is 18.1 Å². The lowest BCUT2D eigenvalue weighted by molar-refractivity contribution is -0.160. The number of carbonyl (C=O) groups is 2. The lowest BCUT2D eigenvalue weighted by Gasteiger charge is -2.57. The van der Waals surface area contributed by atoms with E-state index in [1.165, 1.54) is 0 Å². The van der Waals surface area contributed by atoms with Gasteiger partial charge in [-0.05, 0) is 66.7 Å². The lowest BCUT2D eigenvalue weighted by Crippen LogP contribution is -2.61. The highest BCUT2D eigenvalue weighted by atomic mass is 127. The van der Waals surface area contributed by atoms with Gasteiger partial charge in [0.15, 0.2) is 9.39 Å². The summed E-state index contributed by atoms with van der Waals surface area (Å²) in [6, 6.07) is 2.59. The number of carbonyl (C=O) groups excluding carboxylic acids is 2. The molecular weight excluding hydrogens is 481 g/mol. The van der Waals surface area contributed by atoms with Gasteiger partial charge < -0.3 is 9.47 Å². The number of fused-ring (bicyclic) bond motifs is 3. The number of hydrogen-bond acceptors (Lipinski definition) is 5. The summed E-state index contributed by atoms with van der Waals surface area (Å²) in [5, 5.41) is 10.1. The number of halogens is 1. The predicted molar refractivity (Wildman–Crippen MR) is 114 cm³/mol. The Kier molecular flexibility index (Phi) is 4.18. The smallest absolute Gasteiger partial charge is 0.306 e. The average Bonchev–Trinajstić information content (AvgIpc) is 3.34. The molecule has 6 heteroatoms. The Bertz CT molecular complexity index is 879. The summed E-state index contributed by atoms with van der Waals surface area (Å²) < 4.78 is 12.1. The Morgan fingerprint density at radius 2 is 2.17 bits per heavy atom. The van der Waals surface area contributed by atoms with Gasteiger partial charge in [0.1, 0.15) is 5.60 Å². The minimum atomic E-state index is -0.541. The van der Waals surface area contributed by atoms with Crippen LogP contribution in [0.3, 0.4) is 0 Å². The number of ketones is 1. The van der Waals surface area contributed by atoms with E-state index >= 15 is 0 Å². The van der Waals surface area contributed by atoms with Crippen LogP contribution in [0, 0.1) is 39.9 Å². The highest BCUT2D eigenvalue weighted by Gasteiger charge is 2.82. The number of alkyl halides is 1. The van der Waals surface area contributed by atoms with Crippen LogP contribution in [-0.2, 0) is 19.1 Å². The van der Waals surface area contributed by atoms with Crippen molar-refractivity contribution < 1.29 is 19.1 Å². The fraction of sp³-hybridized carbons (Fsp3) is 0.783.